The molecule has 17 heavy (non-hydrogen) atoms. The van der Waals surface area contributed by atoms with Crippen molar-refractivity contribution in [1.29, 1.82) is 0 Å². The lowest BCUT2D eigenvalue weighted by atomic mass is 10.1. The third kappa shape index (κ3) is 4.30. The van der Waals surface area contributed by atoms with Gasteiger partial charge in [0.2, 0.25) is 0 Å². The van der Waals surface area contributed by atoms with Crippen LogP contribution in [-0.4, -0.2) is 31.5 Å². The predicted octanol–water partition coefficient (Wildman–Crippen LogP) is 2.74. The third-order valence-electron chi connectivity index (χ3n) is 2.34. The fourth-order valence-corrected chi connectivity index (χ4v) is 1.96. The molecule has 1 amide bonds. The Morgan fingerprint density at radius 3 is 2.94 bits per heavy atom. The Morgan fingerprint density at radius 2 is 2.29 bits per heavy atom. The van der Waals surface area contributed by atoms with E-state index < -0.39 is 0 Å². The molecule has 0 aliphatic rings. The predicted molar refractivity (Wildman–Crippen MR) is 72.7 cm³/mol. The van der Waals surface area contributed by atoms with Gasteiger partial charge in [-0.1, -0.05) is 22.0 Å². The van der Waals surface area contributed by atoms with E-state index in [0.29, 0.717) is 18.7 Å². The maximum Gasteiger partial charge on any atom is 0.251 e. The van der Waals surface area contributed by atoms with Crippen LogP contribution >= 0.6 is 27.5 Å². The quantitative estimate of drug-likeness (QED) is 0.847. The number of alkyl halides is 1. The van der Waals surface area contributed by atoms with Crippen molar-refractivity contribution in [3.05, 3.63) is 33.8 Å². The van der Waals surface area contributed by atoms with Gasteiger partial charge in [0.1, 0.15) is 0 Å². The fourth-order valence-electron chi connectivity index (χ4n) is 1.39. The van der Waals surface area contributed by atoms with Gasteiger partial charge in [0.15, 0.2) is 0 Å². The Labute approximate surface area is 115 Å². The Hall–Kier alpha value is -0.580. The topological polar surface area (TPSA) is 38.3 Å². The Balaban J connectivity index is 2.61. The molecule has 0 aliphatic carbocycles. The maximum absolute atomic E-state index is 11.9. The highest BCUT2D eigenvalue weighted by molar-refractivity contribution is 9.10. The minimum Gasteiger partial charge on any atom is -0.383 e. The van der Waals surface area contributed by atoms with Crippen LogP contribution in [0.15, 0.2) is 22.7 Å². The number of amides is 1. The molecule has 3 nitrogen and oxygen atoms in total. The molecule has 0 spiro atoms. The summed E-state index contributed by atoms with van der Waals surface area (Å²) in [6, 6.07) is 5.52. The zero-order chi connectivity index (χ0) is 12.8. The van der Waals surface area contributed by atoms with E-state index in [4.69, 9.17) is 16.3 Å². The van der Waals surface area contributed by atoms with E-state index in [0.717, 1.165) is 10.0 Å². The number of rotatable bonds is 5. The summed E-state index contributed by atoms with van der Waals surface area (Å²) in [6.07, 6.45) is 0. The van der Waals surface area contributed by atoms with Crippen molar-refractivity contribution < 1.29 is 9.53 Å². The van der Waals surface area contributed by atoms with Gasteiger partial charge in [-0.2, -0.15) is 0 Å². The van der Waals surface area contributed by atoms with E-state index in [2.05, 4.69) is 21.2 Å². The highest BCUT2D eigenvalue weighted by Gasteiger charge is 2.12. The van der Waals surface area contributed by atoms with Gasteiger partial charge in [0, 0.05) is 23.7 Å². The van der Waals surface area contributed by atoms with Crippen molar-refractivity contribution in [2.75, 3.05) is 20.3 Å². The molecule has 0 radical (unpaired) electrons. The number of hydrogen-bond acceptors (Lipinski definition) is 2. The van der Waals surface area contributed by atoms with Crippen LogP contribution in [0.5, 0.6) is 0 Å². The van der Waals surface area contributed by atoms with Crippen LogP contribution in [-0.2, 0) is 4.74 Å². The average Bonchev–Trinajstić information content (AvgIpc) is 2.30. The summed E-state index contributed by atoms with van der Waals surface area (Å²) in [5, 5.41) is 2.57. The lowest BCUT2D eigenvalue weighted by Gasteiger charge is -2.11. The van der Waals surface area contributed by atoms with E-state index in [1.54, 1.807) is 13.2 Å². The van der Waals surface area contributed by atoms with Crippen LogP contribution in [0.25, 0.3) is 0 Å². The summed E-state index contributed by atoms with van der Waals surface area (Å²) >= 11 is 9.33. The van der Waals surface area contributed by atoms with Crippen LogP contribution in [0.2, 0.25) is 0 Å². The molecule has 0 saturated carbocycles. The fraction of sp³-hybridized carbons (Fsp3) is 0.417. The zero-order valence-corrected chi connectivity index (χ0v) is 12.1. The number of halogens is 2. The average molecular weight is 321 g/mol. The van der Waals surface area contributed by atoms with Crippen molar-refractivity contribution in [3.63, 3.8) is 0 Å². The smallest absolute Gasteiger partial charge is 0.251 e. The summed E-state index contributed by atoms with van der Waals surface area (Å²) < 4.78 is 5.81. The van der Waals surface area contributed by atoms with E-state index in [1.165, 1.54) is 0 Å². The maximum atomic E-state index is 11.9. The van der Waals surface area contributed by atoms with Gasteiger partial charge in [0.05, 0.1) is 12.0 Å². The van der Waals surface area contributed by atoms with Gasteiger partial charge in [0.25, 0.3) is 5.91 Å². The van der Waals surface area contributed by atoms with Gasteiger partial charge in [-0.15, -0.1) is 11.6 Å². The second-order valence-corrected chi connectivity index (χ2v) is 5.15. The number of nitrogens with one attached hydrogen (secondary N) is 1. The number of benzene rings is 1. The van der Waals surface area contributed by atoms with Crippen molar-refractivity contribution in [2.24, 2.45) is 0 Å². The highest BCUT2D eigenvalue weighted by atomic mass is 79.9. The molecular formula is C12H15BrClNO2. The SMILES string of the molecule is COCC(Cl)CNC(=O)c1cccc(Br)c1C. The first-order chi connectivity index (χ1) is 8.06. The molecule has 5 heteroatoms. The molecule has 0 saturated heterocycles. The molecule has 1 aromatic carbocycles. The summed E-state index contributed by atoms with van der Waals surface area (Å²) in [5.41, 5.74) is 1.57. The second-order valence-electron chi connectivity index (χ2n) is 3.68. The Bertz CT molecular complexity index is 398. The lowest BCUT2D eigenvalue weighted by Crippen LogP contribution is -2.32. The minimum atomic E-state index is -0.212. The van der Waals surface area contributed by atoms with Gasteiger partial charge < -0.3 is 10.1 Å². The first-order valence-corrected chi connectivity index (χ1v) is 6.45. The molecule has 1 unspecified atom stereocenters. The van der Waals surface area contributed by atoms with Crippen molar-refractivity contribution in [3.8, 4) is 0 Å². The van der Waals surface area contributed by atoms with Crippen LogP contribution < -0.4 is 5.32 Å². The minimum absolute atomic E-state index is 0.120. The normalized spacial score (nSPS) is 12.2. The van der Waals surface area contributed by atoms with Crippen molar-refractivity contribution in [2.45, 2.75) is 12.3 Å². The van der Waals surface area contributed by atoms with Crippen LogP contribution in [0.3, 0.4) is 0 Å². The first kappa shape index (κ1) is 14.5. The molecule has 1 atom stereocenters. The number of hydrogen-bond donors (Lipinski definition) is 1. The third-order valence-corrected chi connectivity index (χ3v) is 3.48. The standard InChI is InChI=1S/C12H15BrClNO2/c1-8-10(4-3-5-11(8)13)12(16)15-6-9(14)7-17-2/h3-5,9H,6-7H2,1-2H3,(H,15,16). The summed E-state index contributed by atoms with van der Waals surface area (Å²) in [7, 11) is 1.58. The molecule has 94 valence electrons. The number of methoxy groups -OCH3 is 1. The van der Waals surface area contributed by atoms with Gasteiger partial charge >= 0.3 is 0 Å². The molecular weight excluding hydrogens is 305 g/mol. The summed E-state index contributed by atoms with van der Waals surface area (Å²) in [6.45, 7) is 2.70. The van der Waals surface area contributed by atoms with E-state index in [9.17, 15) is 4.79 Å². The second kappa shape index (κ2) is 6.99. The monoisotopic (exact) mass is 319 g/mol. The van der Waals surface area contributed by atoms with E-state index in [1.807, 2.05) is 19.1 Å². The van der Waals surface area contributed by atoms with Crippen molar-refractivity contribution >= 4 is 33.4 Å². The number of ether oxygens (including phenoxy) is 1. The number of carbonyl (C=O) groups is 1. The van der Waals surface area contributed by atoms with Gasteiger partial charge in [-0.3, -0.25) is 4.79 Å². The van der Waals surface area contributed by atoms with E-state index >= 15 is 0 Å². The molecule has 1 aromatic rings. The molecule has 0 bridgehead atoms. The summed E-state index contributed by atoms with van der Waals surface area (Å²) in [5.74, 6) is -0.120. The van der Waals surface area contributed by atoms with Gasteiger partial charge in [-0.25, -0.2) is 0 Å². The van der Waals surface area contributed by atoms with Crippen molar-refractivity contribution in [1.82, 2.24) is 5.32 Å². The molecule has 0 aliphatic heterocycles. The van der Waals surface area contributed by atoms with Crippen LogP contribution in [0.4, 0.5) is 0 Å². The largest absolute Gasteiger partial charge is 0.383 e. The highest BCUT2D eigenvalue weighted by Crippen LogP contribution is 2.19. The molecule has 0 aromatic heterocycles. The van der Waals surface area contributed by atoms with E-state index in [-0.39, 0.29) is 11.3 Å². The molecule has 1 rings (SSSR count). The number of carbonyl (C=O) groups excluding carboxylic acids is 1. The first-order valence-electron chi connectivity index (χ1n) is 5.22. The molecule has 0 fully saturated rings. The van der Waals surface area contributed by atoms with Gasteiger partial charge in [-0.05, 0) is 24.6 Å². The van der Waals surface area contributed by atoms with Crippen LogP contribution in [0.1, 0.15) is 15.9 Å². The molecule has 1 N–H and O–H groups in total. The van der Waals surface area contributed by atoms with Crippen LogP contribution in [0, 0.1) is 6.92 Å². The lowest BCUT2D eigenvalue weighted by molar-refractivity contribution is 0.0948. The zero-order valence-electron chi connectivity index (χ0n) is 9.80. The summed E-state index contributed by atoms with van der Waals surface area (Å²) in [4.78, 5) is 11.9. The Morgan fingerprint density at radius 1 is 1.59 bits per heavy atom. The molecule has 0 heterocycles. The Kier molecular flexibility index (Phi) is 5.95.